The summed E-state index contributed by atoms with van der Waals surface area (Å²) < 4.78 is 18.0. The highest BCUT2D eigenvalue weighted by molar-refractivity contribution is 5.68. The number of hydrogen-bond acceptors (Lipinski definition) is 7. The molecule has 3 aromatic rings. The molecule has 2 heterocycles. The lowest BCUT2D eigenvalue weighted by atomic mass is 10.1. The number of methoxy groups -OCH3 is 3. The van der Waals surface area contributed by atoms with Gasteiger partial charge >= 0.3 is 0 Å². The Bertz CT molecular complexity index is 913. The molecule has 0 aliphatic carbocycles. The van der Waals surface area contributed by atoms with Gasteiger partial charge in [0.1, 0.15) is 6.33 Å². The number of nitrogens with zero attached hydrogens (tertiary/aromatic N) is 4. The van der Waals surface area contributed by atoms with Crippen molar-refractivity contribution < 1.29 is 14.2 Å². The number of ether oxygens (including phenoxy) is 3. The van der Waals surface area contributed by atoms with Gasteiger partial charge in [-0.05, 0) is 36.6 Å². The van der Waals surface area contributed by atoms with E-state index in [9.17, 15) is 0 Å². The van der Waals surface area contributed by atoms with Crippen LogP contribution in [0.25, 0.3) is 5.65 Å². The van der Waals surface area contributed by atoms with Gasteiger partial charge in [0, 0.05) is 6.04 Å². The fraction of sp³-hybridized carbons (Fsp3) is 0.421. The molecule has 8 nitrogen and oxygen atoms in total. The lowest BCUT2D eigenvalue weighted by Gasteiger charge is -2.20. The first kappa shape index (κ1) is 18.8. The van der Waals surface area contributed by atoms with Gasteiger partial charge in [-0.3, -0.25) is 0 Å². The summed E-state index contributed by atoms with van der Waals surface area (Å²) in [5, 5.41) is 16.2. The highest BCUT2D eigenvalue weighted by atomic mass is 16.5. The molecule has 1 atom stereocenters. The molecule has 1 unspecified atom stereocenters. The van der Waals surface area contributed by atoms with E-state index in [1.165, 1.54) is 0 Å². The van der Waals surface area contributed by atoms with Crippen molar-refractivity contribution in [3.8, 4) is 17.2 Å². The van der Waals surface area contributed by atoms with Gasteiger partial charge in [0.05, 0.1) is 32.7 Å². The Hall–Kier alpha value is -3.03. The standard InChI is InChI=1S/C19H25N5O3/c1-11(2)14-9-15(19-22-20-10-24(19)23-14)21-12(3)13-7-16(25-4)18(27-6)17(8-13)26-5/h7-12,21H,1-6H3. The van der Waals surface area contributed by atoms with Crippen LogP contribution in [0.1, 0.15) is 44.0 Å². The lowest BCUT2D eigenvalue weighted by Crippen LogP contribution is -2.11. The van der Waals surface area contributed by atoms with Crippen LogP contribution in [0.15, 0.2) is 24.5 Å². The molecule has 0 radical (unpaired) electrons. The van der Waals surface area contributed by atoms with Crippen LogP contribution in [0.3, 0.4) is 0 Å². The molecule has 1 N–H and O–H groups in total. The van der Waals surface area contributed by atoms with Crippen molar-refractivity contribution in [2.75, 3.05) is 26.6 Å². The maximum atomic E-state index is 5.46. The van der Waals surface area contributed by atoms with Crippen LogP contribution in [0.4, 0.5) is 5.69 Å². The van der Waals surface area contributed by atoms with Crippen LogP contribution in [0, 0.1) is 0 Å². The first-order valence-corrected chi connectivity index (χ1v) is 8.75. The van der Waals surface area contributed by atoms with Crippen LogP contribution in [0.2, 0.25) is 0 Å². The Morgan fingerprint density at radius 2 is 1.63 bits per heavy atom. The van der Waals surface area contributed by atoms with E-state index in [1.807, 2.05) is 18.2 Å². The lowest BCUT2D eigenvalue weighted by molar-refractivity contribution is 0.323. The third-order valence-electron chi connectivity index (χ3n) is 4.44. The molecule has 2 aromatic heterocycles. The van der Waals surface area contributed by atoms with Gasteiger partial charge in [-0.1, -0.05) is 13.8 Å². The monoisotopic (exact) mass is 371 g/mol. The molecule has 0 saturated carbocycles. The minimum Gasteiger partial charge on any atom is -0.493 e. The summed E-state index contributed by atoms with van der Waals surface area (Å²) in [5.74, 6) is 2.09. The molecular weight excluding hydrogens is 346 g/mol. The van der Waals surface area contributed by atoms with E-state index in [4.69, 9.17) is 14.2 Å². The molecule has 0 fully saturated rings. The van der Waals surface area contributed by atoms with Crippen molar-refractivity contribution in [1.29, 1.82) is 0 Å². The molecule has 1 aromatic carbocycles. The SMILES string of the molecule is COc1cc(C(C)Nc2cc(C(C)C)nn3cnnc23)cc(OC)c1OC. The summed E-state index contributed by atoms with van der Waals surface area (Å²) in [5.41, 5.74) is 3.50. The average Bonchev–Trinajstić information content (AvgIpc) is 3.15. The van der Waals surface area contributed by atoms with Crippen molar-refractivity contribution in [2.45, 2.75) is 32.7 Å². The number of nitrogens with one attached hydrogen (secondary N) is 1. The van der Waals surface area contributed by atoms with E-state index in [0.29, 0.717) is 22.9 Å². The van der Waals surface area contributed by atoms with Gasteiger partial charge in [0.15, 0.2) is 11.5 Å². The molecule has 0 aliphatic heterocycles. The highest BCUT2D eigenvalue weighted by Gasteiger charge is 2.18. The normalized spacial score (nSPS) is 12.3. The molecule has 0 saturated heterocycles. The minimum atomic E-state index is -0.0402. The number of benzene rings is 1. The quantitative estimate of drug-likeness (QED) is 0.681. The first-order valence-electron chi connectivity index (χ1n) is 8.75. The summed E-state index contributed by atoms with van der Waals surface area (Å²) >= 11 is 0. The molecular formula is C19H25N5O3. The van der Waals surface area contributed by atoms with Gasteiger partial charge in [-0.15, -0.1) is 10.2 Å². The Labute approximate surface area is 158 Å². The van der Waals surface area contributed by atoms with E-state index in [2.05, 4.69) is 41.4 Å². The third kappa shape index (κ3) is 3.60. The van der Waals surface area contributed by atoms with E-state index in [1.54, 1.807) is 32.2 Å². The van der Waals surface area contributed by atoms with Crippen LogP contribution < -0.4 is 19.5 Å². The summed E-state index contributed by atoms with van der Waals surface area (Å²) in [6.07, 6.45) is 1.61. The zero-order chi connectivity index (χ0) is 19.6. The summed E-state index contributed by atoms with van der Waals surface area (Å²) in [7, 11) is 4.81. The van der Waals surface area contributed by atoms with Gasteiger partial charge in [-0.2, -0.15) is 9.61 Å². The van der Waals surface area contributed by atoms with Crippen molar-refractivity contribution in [3.05, 3.63) is 35.8 Å². The Morgan fingerprint density at radius 3 is 2.19 bits per heavy atom. The summed E-state index contributed by atoms with van der Waals surface area (Å²) in [6.45, 7) is 6.26. The third-order valence-corrected chi connectivity index (χ3v) is 4.44. The molecule has 0 spiro atoms. The number of hydrogen-bond donors (Lipinski definition) is 1. The first-order chi connectivity index (χ1) is 13.0. The Morgan fingerprint density at radius 1 is 0.963 bits per heavy atom. The van der Waals surface area contributed by atoms with Gasteiger partial charge < -0.3 is 19.5 Å². The van der Waals surface area contributed by atoms with E-state index in [-0.39, 0.29) is 12.0 Å². The number of fused-ring (bicyclic) bond motifs is 1. The average molecular weight is 371 g/mol. The van der Waals surface area contributed by atoms with Crippen LogP contribution in [0.5, 0.6) is 17.2 Å². The molecule has 0 amide bonds. The topological polar surface area (TPSA) is 82.8 Å². The van der Waals surface area contributed by atoms with Crippen molar-refractivity contribution >= 4 is 11.3 Å². The van der Waals surface area contributed by atoms with Gasteiger partial charge in [0.25, 0.3) is 0 Å². The second-order valence-electron chi connectivity index (χ2n) is 6.56. The summed E-state index contributed by atoms with van der Waals surface area (Å²) in [4.78, 5) is 0. The van der Waals surface area contributed by atoms with Crippen LogP contribution >= 0.6 is 0 Å². The maximum absolute atomic E-state index is 5.46. The zero-order valence-electron chi connectivity index (χ0n) is 16.5. The zero-order valence-corrected chi connectivity index (χ0v) is 16.5. The smallest absolute Gasteiger partial charge is 0.203 e. The van der Waals surface area contributed by atoms with Gasteiger partial charge in [0.2, 0.25) is 11.4 Å². The van der Waals surface area contributed by atoms with Crippen LogP contribution in [-0.2, 0) is 0 Å². The van der Waals surface area contributed by atoms with Crippen molar-refractivity contribution in [3.63, 3.8) is 0 Å². The van der Waals surface area contributed by atoms with Gasteiger partial charge in [-0.25, -0.2) is 0 Å². The predicted octanol–water partition coefficient (Wildman–Crippen LogP) is 3.45. The largest absolute Gasteiger partial charge is 0.493 e. The molecule has 0 aliphatic rings. The van der Waals surface area contributed by atoms with E-state index < -0.39 is 0 Å². The van der Waals surface area contributed by atoms with E-state index >= 15 is 0 Å². The predicted molar refractivity (Wildman–Crippen MR) is 103 cm³/mol. The molecule has 144 valence electrons. The highest BCUT2D eigenvalue weighted by Crippen LogP contribution is 2.40. The second-order valence-corrected chi connectivity index (χ2v) is 6.56. The van der Waals surface area contributed by atoms with Crippen molar-refractivity contribution in [1.82, 2.24) is 19.8 Å². The maximum Gasteiger partial charge on any atom is 0.203 e. The molecule has 8 heteroatoms. The fourth-order valence-corrected chi connectivity index (χ4v) is 2.90. The molecule has 3 rings (SSSR count). The molecule has 27 heavy (non-hydrogen) atoms. The van der Waals surface area contributed by atoms with E-state index in [0.717, 1.165) is 16.9 Å². The number of aromatic nitrogens is 4. The minimum absolute atomic E-state index is 0.0402. The Balaban J connectivity index is 1.99. The fourth-order valence-electron chi connectivity index (χ4n) is 2.90. The Kier molecular flexibility index (Phi) is 5.34. The summed E-state index contributed by atoms with van der Waals surface area (Å²) in [6, 6.07) is 5.85. The number of rotatable bonds is 7. The molecule has 0 bridgehead atoms. The van der Waals surface area contributed by atoms with Crippen LogP contribution in [-0.4, -0.2) is 41.1 Å². The van der Waals surface area contributed by atoms with Crippen molar-refractivity contribution in [2.24, 2.45) is 0 Å². The second kappa shape index (κ2) is 7.69. The number of anilines is 1.